The Morgan fingerprint density at radius 2 is 1.65 bits per heavy atom. The van der Waals surface area contributed by atoms with Crippen molar-refractivity contribution in [1.29, 1.82) is 0 Å². The number of benzene rings is 3. The third-order valence-corrected chi connectivity index (χ3v) is 6.39. The molecule has 0 fully saturated rings. The zero-order valence-electron chi connectivity index (χ0n) is 16.9. The average Bonchev–Trinajstić information content (AvgIpc) is 3.30. The largest absolute Gasteiger partial charge is 0.390 e. The summed E-state index contributed by atoms with van der Waals surface area (Å²) < 4.78 is 2.14. The first-order valence-electron chi connectivity index (χ1n) is 10.5. The number of aliphatic hydroxyl groups is 1. The lowest BCUT2D eigenvalue weighted by Gasteiger charge is -2.16. The fourth-order valence-electron chi connectivity index (χ4n) is 4.45. The van der Waals surface area contributed by atoms with Crippen LogP contribution in [0.25, 0.3) is 21.8 Å². The van der Waals surface area contributed by atoms with Gasteiger partial charge in [-0.1, -0.05) is 41.4 Å². The number of hydrogen-bond acceptors (Lipinski definition) is 3. The van der Waals surface area contributed by atoms with Crippen LogP contribution >= 0.6 is 23.2 Å². The minimum absolute atomic E-state index is 0.340. The number of hydrogen-bond donors (Lipinski definition) is 2. The van der Waals surface area contributed by atoms with Gasteiger partial charge in [0.25, 0.3) is 0 Å². The van der Waals surface area contributed by atoms with Crippen LogP contribution in [0.5, 0.6) is 0 Å². The first-order chi connectivity index (χ1) is 15.1. The molecule has 1 aliphatic heterocycles. The van der Waals surface area contributed by atoms with Crippen molar-refractivity contribution < 1.29 is 5.11 Å². The summed E-state index contributed by atoms with van der Waals surface area (Å²) in [5.74, 6) is 0.340. The van der Waals surface area contributed by atoms with Crippen molar-refractivity contribution in [3.05, 3.63) is 76.3 Å². The van der Waals surface area contributed by atoms with Gasteiger partial charge in [-0.05, 0) is 61.0 Å². The van der Waals surface area contributed by atoms with Gasteiger partial charge in [0.1, 0.15) is 0 Å². The molecule has 31 heavy (non-hydrogen) atoms. The highest BCUT2D eigenvalue weighted by Gasteiger charge is 2.18. The molecule has 2 N–H and O–H groups in total. The van der Waals surface area contributed by atoms with Gasteiger partial charge in [0.2, 0.25) is 0 Å². The Balaban J connectivity index is 1.25. The topological polar surface area (TPSA) is 49.5 Å². The fraction of sp³-hybridized carbons (Fsp3) is 0.240. The van der Waals surface area contributed by atoms with Gasteiger partial charge >= 0.3 is 0 Å². The minimum Gasteiger partial charge on any atom is -0.390 e. The Bertz CT molecular complexity index is 1220. The molecule has 1 aromatic heterocycles. The second kappa shape index (κ2) is 8.64. The summed E-state index contributed by atoms with van der Waals surface area (Å²) in [4.78, 5) is 4.49. The van der Waals surface area contributed by atoms with E-state index in [-0.39, 0.29) is 0 Å². The Hall–Kier alpha value is -2.37. The zero-order chi connectivity index (χ0) is 21.4. The Labute approximate surface area is 191 Å². The van der Waals surface area contributed by atoms with Crippen LogP contribution in [0.3, 0.4) is 0 Å². The Kier molecular flexibility index (Phi) is 5.72. The van der Waals surface area contributed by atoms with Crippen molar-refractivity contribution in [3.8, 4) is 0 Å². The third kappa shape index (κ3) is 4.09. The molecule has 4 nitrogen and oxygen atoms in total. The maximum absolute atomic E-state index is 10.7. The van der Waals surface area contributed by atoms with Gasteiger partial charge in [-0.3, -0.25) is 4.99 Å². The van der Waals surface area contributed by atoms with Crippen molar-refractivity contribution >= 4 is 56.9 Å². The molecule has 0 unspecified atom stereocenters. The zero-order valence-corrected chi connectivity index (χ0v) is 18.4. The molecule has 0 aliphatic carbocycles. The summed E-state index contributed by atoms with van der Waals surface area (Å²) in [5, 5.41) is 17.6. The molecule has 2 atom stereocenters. The lowest BCUT2D eigenvalue weighted by Crippen LogP contribution is -2.31. The van der Waals surface area contributed by atoms with Crippen molar-refractivity contribution in [2.24, 2.45) is 4.99 Å². The molecule has 0 spiro atoms. The molecule has 0 saturated carbocycles. The molecular formula is C25H23Cl2N3O. The van der Waals surface area contributed by atoms with Gasteiger partial charge in [0.05, 0.1) is 18.3 Å². The molecule has 5 rings (SSSR count). The molecule has 2 heterocycles. The number of aliphatic imine (C=N–C) groups is 1. The first-order valence-corrected chi connectivity index (χ1v) is 11.2. The smallest absolute Gasteiger partial charge is 0.0843 e. The van der Waals surface area contributed by atoms with Crippen molar-refractivity contribution in [3.63, 3.8) is 0 Å². The lowest BCUT2D eigenvalue weighted by atomic mass is 9.98. The lowest BCUT2D eigenvalue weighted by molar-refractivity contribution is 0.154. The Morgan fingerprint density at radius 3 is 2.35 bits per heavy atom. The number of halogens is 2. The molecule has 6 heteroatoms. The maximum atomic E-state index is 10.7. The average molecular weight is 452 g/mol. The molecule has 4 aromatic rings. The van der Waals surface area contributed by atoms with Crippen molar-refractivity contribution in [1.82, 2.24) is 9.88 Å². The summed E-state index contributed by atoms with van der Waals surface area (Å²) >= 11 is 12.5. The summed E-state index contributed by atoms with van der Waals surface area (Å²) in [7, 11) is 0. The van der Waals surface area contributed by atoms with Crippen LogP contribution in [0.4, 0.5) is 5.69 Å². The quantitative estimate of drug-likeness (QED) is 0.341. The van der Waals surface area contributed by atoms with E-state index in [1.165, 1.54) is 5.56 Å². The van der Waals surface area contributed by atoms with E-state index < -0.39 is 6.10 Å². The molecular weight excluding hydrogens is 429 g/mol. The highest BCUT2D eigenvalue weighted by Crippen LogP contribution is 2.34. The number of nitrogens with zero attached hydrogens (tertiary/aromatic N) is 2. The summed E-state index contributed by atoms with van der Waals surface area (Å²) in [5.41, 5.74) is 4.44. The monoisotopic (exact) mass is 451 g/mol. The van der Waals surface area contributed by atoms with Crippen LogP contribution in [0.1, 0.15) is 17.9 Å². The van der Waals surface area contributed by atoms with E-state index in [0.717, 1.165) is 40.5 Å². The van der Waals surface area contributed by atoms with E-state index in [0.29, 0.717) is 29.1 Å². The highest BCUT2D eigenvalue weighted by atomic mass is 35.5. The van der Waals surface area contributed by atoms with E-state index in [1.54, 1.807) is 0 Å². The number of nitrogens with one attached hydrogen (secondary N) is 1. The molecule has 158 valence electrons. The number of rotatable bonds is 7. The SMILES string of the molecule is O[C@@H](CNCC[C@H]1C=Nc2ccccc21)Cn1c2ccc(Cl)cc2c2cc(Cl)ccc21. The van der Waals surface area contributed by atoms with Crippen molar-refractivity contribution in [2.75, 3.05) is 13.1 Å². The fourth-order valence-corrected chi connectivity index (χ4v) is 4.79. The van der Waals surface area contributed by atoms with Gasteiger partial charge in [-0.2, -0.15) is 0 Å². The number of aliphatic hydroxyl groups excluding tert-OH is 1. The molecule has 0 bridgehead atoms. The standard InChI is InChI=1S/C25H23Cl2N3O/c26-17-5-7-24-21(11-17)22-12-18(27)6-8-25(22)30(24)15-19(31)14-28-10-9-16-13-29-23-4-2-1-3-20(16)23/h1-8,11-13,16,19,28,31H,9-10,14-15H2/t16-,19-/m0/s1. The van der Waals surface area contributed by atoms with E-state index >= 15 is 0 Å². The first kappa shape index (κ1) is 20.5. The molecule has 0 amide bonds. The molecule has 0 radical (unpaired) electrons. The van der Waals surface area contributed by atoms with Gasteiger partial charge in [-0.15, -0.1) is 0 Å². The summed E-state index contributed by atoms with van der Waals surface area (Å²) in [6.45, 7) is 1.83. The van der Waals surface area contributed by atoms with Crippen LogP contribution in [0.2, 0.25) is 10.0 Å². The maximum Gasteiger partial charge on any atom is 0.0843 e. The molecule has 3 aromatic carbocycles. The minimum atomic E-state index is -0.519. The van der Waals surface area contributed by atoms with E-state index in [4.69, 9.17) is 23.2 Å². The normalized spacial score (nSPS) is 16.3. The van der Waals surface area contributed by atoms with E-state index in [1.807, 2.05) is 48.7 Å². The van der Waals surface area contributed by atoms with Crippen LogP contribution in [0, 0.1) is 0 Å². The van der Waals surface area contributed by atoms with Gasteiger partial charge in [-0.25, -0.2) is 0 Å². The predicted molar refractivity (Wildman–Crippen MR) is 130 cm³/mol. The Morgan fingerprint density at radius 1 is 0.968 bits per heavy atom. The highest BCUT2D eigenvalue weighted by molar-refractivity contribution is 6.33. The number of para-hydroxylation sites is 1. The number of fused-ring (bicyclic) bond motifs is 4. The van der Waals surface area contributed by atoms with Gasteiger partial charge in [0, 0.05) is 50.5 Å². The van der Waals surface area contributed by atoms with Crippen LogP contribution < -0.4 is 5.32 Å². The summed E-state index contributed by atoms with van der Waals surface area (Å²) in [6, 6.07) is 19.9. The van der Waals surface area contributed by atoms with Crippen LogP contribution in [-0.4, -0.2) is 35.1 Å². The predicted octanol–water partition coefficient (Wildman–Crippen LogP) is 5.94. The van der Waals surface area contributed by atoms with Gasteiger partial charge in [0.15, 0.2) is 0 Å². The van der Waals surface area contributed by atoms with E-state index in [9.17, 15) is 5.11 Å². The van der Waals surface area contributed by atoms with Gasteiger partial charge < -0.3 is 15.0 Å². The van der Waals surface area contributed by atoms with E-state index in [2.05, 4.69) is 33.1 Å². The van der Waals surface area contributed by atoms with Crippen LogP contribution in [0.15, 0.2) is 65.7 Å². The molecule has 1 aliphatic rings. The molecule has 0 saturated heterocycles. The number of aromatic nitrogens is 1. The second-order valence-corrected chi connectivity index (χ2v) is 8.90. The van der Waals surface area contributed by atoms with Crippen molar-refractivity contribution in [2.45, 2.75) is 25.0 Å². The summed E-state index contributed by atoms with van der Waals surface area (Å²) in [6.07, 6.45) is 2.46. The third-order valence-electron chi connectivity index (χ3n) is 5.92. The van der Waals surface area contributed by atoms with Crippen LogP contribution in [-0.2, 0) is 6.54 Å². The second-order valence-electron chi connectivity index (χ2n) is 8.02.